The summed E-state index contributed by atoms with van der Waals surface area (Å²) < 4.78 is 38.2. The Kier molecular flexibility index (Phi) is 8.18. The molecule has 2 aromatic rings. The lowest BCUT2D eigenvalue weighted by Gasteiger charge is -2.21. The van der Waals surface area contributed by atoms with Gasteiger partial charge in [-0.3, -0.25) is 4.79 Å². The SMILES string of the molecule is CCOC(=O)c1ccc(NC(=O)C=Cc2ccc(OC)c(S(=O)(=O)NC(C)(C)C)c2)cc1. The Hall–Kier alpha value is -3.17. The first kappa shape index (κ1) is 25.1. The third-order valence-corrected chi connectivity index (χ3v) is 5.79. The van der Waals surface area contributed by atoms with Gasteiger partial charge < -0.3 is 14.8 Å². The molecule has 32 heavy (non-hydrogen) atoms. The minimum absolute atomic E-state index is 0.0213. The number of carbonyl (C=O) groups excluding carboxylic acids is 2. The first-order valence-electron chi connectivity index (χ1n) is 9.93. The third kappa shape index (κ3) is 7.21. The summed E-state index contributed by atoms with van der Waals surface area (Å²) in [5, 5.41) is 2.68. The molecule has 0 unspecified atom stereocenters. The summed E-state index contributed by atoms with van der Waals surface area (Å²) in [7, 11) is -2.44. The second-order valence-corrected chi connectivity index (χ2v) is 9.54. The van der Waals surface area contributed by atoms with Gasteiger partial charge in [-0.1, -0.05) is 6.07 Å². The monoisotopic (exact) mass is 460 g/mol. The van der Waals surface area contributed by atoms with Crippen molar-refractivity contribution in [1.82, 2.24) is 4.72 Å². The third-order valence-electron chi connectivity index (χ3n) is 4.01. The number of ether oxygens (including phenoxy) is 2. The Morgan fingerprint density at radius 1 is 1.06 bits per heavy atom. The Morgan fingerprint density at radius 2 is 1.72 bits per heavy atom. The minimum atomic E-state index is -3.83. The van der Waals surface area contributed by atoms with Crippen LogP contribution in [0.5, 0.6) is 5.75 Å². The highest BCUT2D eigenvalue weighted by molar-refractivity contribution is 7.89. The van der Waals surface area contributed by atoms with Gasteiger partial charge in [-0.05, 0) is 75.7 Å². The molecule has 0 atom stereocenters. The van der Waals surface area contributed by atoms with E-state index >= 15 is 0 Å². The van der Waals surface area contributed by atoms with Crippen molar-refractivity contribution in [3.63, 3.8) is 0 Å². The van der Waals surface area contributed by atoms with Crippen LogP contribution in [0.3, 0.4) is 0 Å². The van der Waals surface area contributed by atoms with Gasteiger partial charge in [-0.25, -0.2) is 17.9 Å². The predicted octanol–water partition coefficient (Wildman–Crippen LogP) is 3.60. The summed E-state index contributed by atoms with van der Waals surface area (Å²) in [5.41, 5.74) is 0.725. The fraction of sp³-hybridized carbons (Fsp3) is 0.304. The van der Waals surface area contributed by atoms with Crippen LogP contribution >= 0.6 is 0 Å². The molecule has 0 fully saturated rings. The summed E-state index contributed by atoms with van der Waals surface area (Å²) in [6, 6.07) is 10.9. The maximum atomic E-state index is 12.7. The molecule has 2 rings (SSSR count). The van der Waals surface area contributed by atoms with Crippen molar-refractivity contribution < 1.29 is 27.5 Å². The number of nitrogens with one attached hydrogen (secondary N) is 2. The van der Waals surface area contributed by atoms with Gasteiger partial charge in [0.15, 0.2) is 0 Å². The smallest absolute Gasteiger partial charge is 0.338 e. The molecule has 2 aromatic carbocycles. The van der Waals surface area contributed by atoms with Crippen molar-refractivity contribution in [3.05, 3.63) is 59.7 Å². The van der Waals surface area contributed by atoms with E-state index < -0.39 is 27.4 Å². The van der Waals surface area contributed by atoms with Crippen molar-refractivity contribution in [1.29, 1.82) is 0 Å². The van der Waals surface area contributed by atoms with E-state index in [1.165, 1.54) is 31.4 Å². The molecular weight excluding hydrogens is 432 g/mol. The van der Waals surface area contributed by atoms with E-state index in [1.807, 2.05) is 0 Å². The molecule has 0 heterocycles. The van der Waals surface area contributed by atoms with Crippen molar-refractivity contribution in [2.45, 2.75) is 38.1 Å². The van der Waals surface area contributed by atoms with Gasteiger partial charge in [0.1, 0.15) is 10.6 Å². The molecule has 0 saturated carbocycles. The van der Waals surface area contributed by atoms with Gasteiger partial charge in [0.25, 0.3) is 0 Å². The average molecular weight is 461 g/mol. The van der Waals surface area contributed by atoms with Crippen LogP contribution < -0.4 is 14.8 Å². The lowest BCUT2D eigenvalue weighted by Crippen LogP contribution is -2.40. The van der Waals surface area contributed by atoms with Crippen molar-refractivity contribution >= 4 is 33.7 Å². The van der Waals surface area contributed by atoms with Crippen LogP contribution in [0, 0.1) is 0 Å². The molecule has 0 aliphatic carbocycles. The van der Waals surface area contributed by atoms with Crippen LogP contribution in [0.15, 0.2) is 53.4 Å². The fourth-order valence-electron chi connectivity index (χ4n) is 2.72. The quantitative estimate of drug-likeness (QED) is 0.460. The van der Waals surface area contributed by atoms with Gasteiger partial charge >= 0.3 is 5.97 Å². The number of hydrogen-bond acceptors (Lipinski definition) is 6. The van der Waals surface area contributed by atoms with E-state index in [4.69, 9.17) is 9.47 Å². The molecule has 0 bridgehead atoms. The molecule has 0 aliphatic rings. The summed E-state index contributed by atoms with van der Waals surface area (Å²) in [6.45, 7) is 7.23. The van der Waals surface area contributed by atoms with Crippen LogP contribution in [0.4, 0.5) is 5.69 Å². The normalized spacial score (nSPS) is 11.9. The van der Waals surface area contributed by atoms with Crippen LogP contribution in [-0.2, 0) is 19.6 Å². The van der Waals surface area contributed by atoms with Crippen molar-refractivity contribution in [3.8, 4) is 5.75 Å². The van der Waals surface area contributed by atoms with E-state index in [1.54, 1.807) is 58.0 Å². The van der Waals surface area contributed by atoms with Crippen LogP contribution in [0.2, 0.25) is 0 Å². The second kappa shape index (κ2) is 10.4. The Balaban J connectivity index is 2.16. The van der Waals surface area contributed by atoms with Crippen molar-refractivity contribution in [2.75, 3.05) is 19.0 Å². The Labute approximate surface area is 188 Å². The molecular formula is C23H28N2O6S. The minimum Gasteiger partial charge on any atom is -0.495 e. The molecule has 9 heteroatoms. The number of esters is 1. The topological polar surface area (TPSA) is 111 Å². The first-order chi connectivity index (χ1) is 14.9. The molecule has 0 radical (unpaired) electrons. The fourth-order valence-corrected chi connectivity index (χ4v) is 4.35. The summed E-state index contributed by atoms with van der Waals surface area (Å²) in [5.74, 6) is -0.650. The van der Waals surface area contributed by atoms with Crippen LogP contribution in [-0.4, -0.2) is 39.5 Å². The summed E-state index contributed by atoms with van der Waals surface area (Å²) in [6.07, 6.45) is 2.78. The highest BCUT2D eigenvalue weighted by atomic mass is 32.2. The molecule has 0 aromatic heterocycles. The zero-order valence-electron chi connectivity index (χ0n) is 18.8. The maximum absolute atomic E-state index is 12.7. The Morgan fingerprint density at radius 3 is 2.28 bits per heavy atom. The highest BCUT2D eigenvalue weighted by Gasteiger charge is 2.25. The number of rotatable bonds is 8. The number of carbonyl (C=O) groups is 2. The number of amides is 1. The van der Waals surface area contributed by atoms with Gasteiger partial charge in [-0.15, -0.1) is 0 Å². The zero-order valence-corrected chi connectivity index (χ0v) is 19.6. The first-order valence-corrected chi connectivity index (χ1v) is 11.4. The number of methoxy groups -OCH3 is 1. The number of anilines is 1. The molecule has 0 spiro atoms. The average Bonchev–Trinajstić information content (AvgIpc) is 2.71. The van der Waals surface area contributed by atoms with E-state index in [2.05, 4.69) is 10.0 Å². The highest BCUT2D eigenvalue weighted by Crippen LogP contribution is 2.26. The maximum Gasteiger partial charge on any atom is 0.338 e. The van der Waals surface area contributed by atoms with E-state index in [9.17, 15) is 18.0 Å². The van der Waals surface area contributed by atoms with E-state index in [-0.39, 0.29) is 17.3 Å². The lowest BCUT2D eigenvalue weighted by atomic mass is 10.1. The predicted molar refractivity (Wildman–Crippen MR) is 123 cm³/mol. The molecule has 0 aliphatic heterocycles. The van der Waals surface area contributed by atoms with Crippen LogP contribution in [0.25, 0.3) is 6.08 Å². The van der Waals surface area contributed by atoms with E-state index in [0.717, 1.165) is 0 Å². The van der Waals surface area contributed by atoms with Gasteiger partial charge in [0.05, 0.1) is 19.3 Å². The Bertz CT molecular complexity index is 1100. The molecule has 0 saturated heterocycles. The molecule has 1 amide bonds. The molecule has 8 nitrogen and oxygen atoms in total. The van der Waals surface area contributed by atoms with Crippen LogP contribution in [0.1, 0.15) is 43.6 Å². The summed E-state index contributed by atoms with van der Waals surface area (Å²) in [4.78, 5) is 23.9. The van der Waals surface area contributed by atoms with Crippen molar-refractivity contribution in [2.24, 2.45) is 0 Å². The molecule has 2 N–H and O–H groups in total. The van der Waals surface area contributed by atoms with Gasteiger partial charge in [0, 0.05) is 17.3 Å². The number of benzene rings is 2. The molecule has 172 valence electrons. The van der Waals surface area contributed by atoms with Gasteiger partial charge in [0.2, 0.25) is 15.9 Å². The number of sulfonamides is 1. The summed E-state index contributed by atoms with van der Waals surface area (Å²) >= 11 is 0. The number of hydrogen-bond donors (Lipinski definition) is 2. The second-order valence-electron chi connectivity index (χ2n) is 7.89. The zero-order chi connectivity index (χ0) is 23.9. The largest absolute Gasteiger partial charge is 0.495 e. The lowest BCUT2D eigenvalue weighted by molar-refractivity contribution is -0.111. The van der Waals surface area contributed by atoms with E-state index in [0.29, 0.717) is 16.8 Å². The van der Waals surface area contributed by atoms with Gasteiger partial charge in [-0.2, -0.15) is 0 Å². The standard InChI is InChI=1S/C23H28N2O6S/c1-6-31-22(27)17-9-11-18(12-10-17)24-21(26)14-8-16-7-13-19(30-5)20(15-16)32(28,29)25-23(2,3)4/h7-15,25H,6H2,1-5H3,(H,24,26).